The molecule has 1 aliphatic rings. The fraction of sp³-hybridized carbons (Fsp3) is 0.333. The fourth-order valence-electron chi connectivity index (χ4n) is 3.58. The van der Waals surface area contributed by atoms with Crippen LogP contribution in [0.2, 0.25) is 0 Å². The minimum absolute atomic E-state index is 0.134. The molecular formula is C21H23N3O4. The average molecular weight is 381 g/mol. The summed E-state index contributed by atoms with van der Waals surface area (Å²) in [5.41, 5.74) is 3.93. The molecule has 0 fully saturated rings. The maximum Gasteiger partial charge on any atom is 0.260 e. The number of amides is 1. The molecule has 0 aliphatic carbocycles. The van der Waals surface area contributed by atoms with E-state index in [0.29, 0.717) is 13.1 Å². The van der Waals surface area contributed by atoms with E-state index in [1.165, 1.54) is 6.07 Å². The predicted octanol–water partition coefficient (Wildman–Crippen LogP) is 2.15. The molecule has 1 amide bonds. The van der Waals surface area contributed by atoms with Gasteiger partial charge in [-0.25, -0.2) is 0 Å². The number of rotatable bonds is 4. The third kappa shape index (κ3) is 3.24. The molecule has 0 spiro atoms. The van der Waals surface area contributed by atoms with Gasteiger partial charge in [-0.1, -0.05) is 0 Å². The largest absolute Gasteiger partial charge is 0.497 e. The topological polar surface area (TPSA) is 76.6 Å². The number of aromatic amines is 1. The van der Waals surface area contributed by atoms with Crippen molar-refractivity contribution >= 4 is 16.8 Å². The van der Waals surface area contributed by atoms with E-state index in [1.54, 1.807) is 22.8 Å². The van der Waals surface area contributed by atoms with Gasteiger partial charge in [-0.3, -0.25) is 9.59 Å². The van der Waals surface area contributed by atoms with Crippen molar-refractivity contribution in [1.29, 1.82) is 0 Å². The van der Waals surface area contributed by atoms with Crippen LogP contribution in [0.5, 0.6) is 11.5 Å². The number of pyridine rings is 1. The van der Waals surface area contributed by atoms with E-state index in [1.807, 2.05) is 32.2 Å². The molecule has 2 aromatic heterocycles. The monoisotopic (exact) mass is 381 g/mol. The van der Waals surface area contributed by atoms with Crippen LogP contribution in [0.1, 0.15) is 17.0 Å². The first kappa shape index (κ1) is 18.2. The second kappa shape index (κ2) is 7.07. The van der Waals surface area contributed by atoms with Crippen LogP contribution in [0.15, 0.2) is 35.3 Å². The van der Waals surface area contributed by atoms with Crippen molar-refractivity contribution in [2.75, 3.05) is 20.3 Å². The van der Waals surface area contributed by atoms with E-state index in [4.69, 9.17) is 9.47 Å². The molecule has 0 saturated carbocycles. The normalized spacial score (nSPS) is 13.5. The van der Waals surface area contributed by atoms with Crippen molar-refractivity contribution < 1.29 is 14.3 Å². The highest BCUT2D eigenvalue weighted by atomic mass is 16.5. The fourth-order valence-corrected chi connectivity index (χ4v) is 3.58. The van der Waals surface area contributed by atoms with Gasteiger partial charge in [0, 0.05) is 66.7 Å². The maximum absolute atomic E-state index is 12.7. The summed E-state index contributed by atoms with van der Waals surface area (Å²) in [5, 5.41) is 1.07. The van der Waals surface area contributed by atoms with Crippen molar-refractivity contribution in [1.82, 2.24) is 14.5 Å². The second-order valence-electron chi connectivity index (χ2n) is 7.10. The number of nitrogens with zero attached hydrogens (tertiary/aromatic N) is 2. The van der Waals surface area contributed by atoms with Gasteiger partial charge in [-0.2, -0.15) is 0 Å². The predicted molar refractivity (Wildman–Crippen MR) is 106 cm³/mol. The number of benzene rings is 1. The Morgan fingerprint density at radius 1 is 1.29 bits per heavy atom. The van der Waals surface area contributed by atoms with Crippen molar-refractivity contribution in [2.45, 2.75) is 19.9 Å². The van der Waals surface area contributed by atoms with E-state index in [-0.39, 0.29) is 23.7 Å². The van der Waals surface area contributed by atoms with Crippen LogP contribution in [0.4, 0.5) is 0 Å². The van der Waals surface area contributed by atoms with Crippen molar-refractivity contribution in [2.24, 2.45) is 7.05 Å². The van der Waals surface area contributed by atoms with Gasteiger partial charge >= 0.3 is 0 Å². The number of nitrogens with one attached hydrogen (secondary N) is 1. The van der Waals surface area contributed by atoms with E-state index in [9.17, 15) is 9.59 Å². The SMILES string of the molecule is COc1ccc2[nH]c3c(c2c1)CN(C(=O)COc1cn(C)c(C)cc1=O)CC3. The number of H-pyrrole nitrogens is 1. The Labute approximate surface area is 162 Å². The molecule has 0 radical (unpaired) electrons. The van der Waals surface area contributed by atoms with E-state index < -0.39 is 0 Å². The van der Waals surface area contributed by atoms with Crippen LogP contribution in [0.25, 0.3) is 10.9 Å². The summed E-state index contributed by atoms with van der Waals surface area (Å²) in [6.07, 6.45) is 2.37. The molecular weight excluding hydrogens is 358 g/mol. The molecule has 146 valence electrons. The summed E-state index contributed by atoms with van der Waals surface area (Å²) < 4.78 is 12.7. The van der Waals surface area contributed by atoms with Crippen molar-refractivity contribution in [3.05, 3.63) is 57.6 Å². The highest BCUT2D eigenvalue weighted by Gasteiger charge is 2.24. The molecule has 3 heterocycles. The van der Waals surface area contributed by atoms with Crippen LogP contribution in [0, 0.1) is 6.92 Å². The molecule has 4 rings (SSSR count). The zero-order chi connectivity index (χ0) is 19.8. The Morgan fingerprint density at radius 2 is 2.11 bits per heavy atom. The van der Waals surface area contributed by atoms with Crippen LogP contribution in [-0.4, -0.2) is 40.6 Å². The summed E-state index contributed by atoms with van der Waals surface area (Å²) in [6, 6.07) is 7.41. The lowest BCUT2D eigenvalue weighted by Crippen LogP contribution is -2.39. The first-order valence-electron chi connectivity index (χ1n) is 9.21. The molecule has 1 aliphatic heterocycles. The first-order chi connectivity index (χ1) is 13.5. The highest BCUT2D eigenvalue weighted by Crippen LogP contribution is 2.30. The van der Waals surface area contributed by atoms with Gasteiger partial charge in [0.25, 0.3) is 5.91 Å². The van der Waals surface area contributed by atoms with Gasteiger partial charge in [0.2, 0.25) is 5.43 Å². The number of fused-ring (bicyclic) bond motifs is 3. The molecule has 0 atom stereocenters. The minimum atomic E-state index is -0.215. The molecule has 0 bridgehead atoms. The van der Waals surface area contributed by atoms with Gasteiger partial charge in [-0.15, -0.1) is 0 Å². The number of hydrogen-bond donors (Lipinski definition) is 1. The molecule has 3 aromatic rings. The lowest BCUT2D eigenvalue weighted by atomic mass is 10.0. The minimum Gasteiger partial charge on any atom is -0.497 e. The Bertz CT molecular complexity index is 1110. The highest BCUT2D eigenvalue weighted by molar-refractivity contribution is 5.87. The second-order valence-corrected chi connectivity index (χ2v) is 7.10. The zero-order valence-corrected chi connectivity index (χ0v) is 16.2. The number of ether oxygens (including phenoxy) is 2. The van der Waals surface area contributed by atoms with E-state index in [0.717, 1.165) is 40.0 Å². The summed E-state index contributed by atoms with van der Waals surface area (Å²) in [5.74, 6) is 0.845. The molecule has 7 nitrogen and oxygen atoms in total. The third-order valence-electron chi connectivity index (χ3n) is 5.34. The van der Waals surface area contributed by atoms with Crippen LogP contribution < -0.4 is 14.9 Å². The molecule has 1 aromatic carbocycles. The smallest absolute Gasteiger partial charge is 0.260 e. The molecule has 1 N–H and O–H groups in total. The summed E-state index contributed by atoms with van der Waals surface area (Å²) in [4.78, 5) is 29.9. The Kier molecular flexibility index (Phi) is 4.58. The molecule has 28 heavy (non-hydrogen) atoms. The number of hydrogen-bond acceptors (Lipinski definition) is 4. The van der Waals surface area contributed by atoms with Crippen LogP contribution in [-0.2, 0) is 24.8 Å². The van der Waals surface area contributed by atoms with Gasteiger partial charge in [0.15, 0.2) is 12.4 Å². The number of carbonyl (C=O) groups excluding carboxylic acids is 1. The first-order valence-corrected chi connectivity index (χ1v) is 9.21. The summed E-state index contributed by atoms with van der Waals surface area (Å²) in [6.45, 7) is 2.82. The van der Waals surface area contributed by atoms with E-state index >= 15 is 0 Å². The number of aryl methyl sites for hydroxylation is 2. The lowest BCUT2D eigenvalue weighted by molar-refractivity contribution is -0.134. The standard InChI is InChI=1S/C21H23N3O4/c1-13-8-19(25)20(11-23(13)2)28-12-21(26)24-7-6-18-16(10-24)15-9-14(27-3)4-5-17(15)22-18/h4-5,8-9,11,22H,6-7,10,12H2,1-3H3. The average Bonchev–Trinajstić information content (AvgIpc) is 3.06. The van der Waals surface area contributed by atoms with Gasteiger partial charge in [-0.05, 0) is 25.1 Å². The Balaban J connectivity index is 1.50. The van der Waals surface area contributed by atoms with Crippen molar-refractivity contribution in [3.63, 3.8) is 0 Å². The van der Waals surface area contributed by atoms with Crippen molar-refractivity contribution in [3.8, 4) is 11.5 Å². The van der Waals surface area contributed by atoms with Crippen LogP contribution >= 0.6 is 0 Å². The van der Waals surface area contributed by atoms with Gasteiger partial charge < -0.3 is 23.9 Å². The van der Waals surface area contributed by atoms with Crippen LogP contribution in [0.3, 0.4) is 0 Å². The number of methoxy groups -OCH3 is 1. The quantitative estimate of drug-likeness (QED) is 0.751. The lowest BCUT2D eigenvalue weighted by Gasteiger charge is -2.27. The summed E-state index contributed by atoms with van der Waals surface area (Å²) in [7, 11) is 3.48. The number of carbonyl (C=O) groups is 1. The maximum atomic E-state index is 12.7. The summed E-state index contributed by atoms with van der Waals surface area (Å²) >= 11 is 0. The van der Waals surface area contributed by atoms with E-state index in [2.05, 4.69) is 4.98 Å². The Morgan fingerprint density at radius 3 is 2.89 bits per heavy atom. The molecule has 0 unspecified atom stereocenters. The molecule has 7 heteroatoms. The number of aromatic nitrogens is 2. The molecule has 0 saturated heterocycles. The van der Waals surface area contributed by atoms with Gasteiger partial charge in [0.05, 0.1) is 7.11 Å². The Hall–Kier alpha value is -3.22. The zero-order valence-electron chi connectivity index (χ0n) is 16.2. The van der Waals surface area contributed by atoms with Gasteiger partial charge in [0.1, 0.15) is 5.75 Å². The third-order valence-corrected chi connectivity index (χ3v) is 5.34.